The molecule has 4 rings (SSSR count). The summed E-state index contributed by atoms with van der Waals surface area (Å²) in [6.45, 7) is 3.11. The summed E-state index contributed by atoms with van der Waals surface area (Å²) in [7, 11) is 0. The van der Waals surface area contributed by atoms with Crippen molar-refractivity contribution in [1.82, 2.24) is 9.80 Å². The van der Waals surface area contributed by atoms with Crippen LogP contribution in [-0.2, 0) is 9.59 Å². The molecule has 0 aliphatic carbocycles. The van der Waals surface area contributed by atoms with E-state index in [0.29, 0.717) is 36.6 Å². The second kappa shape index (κ2) is 6.75. The van der Waals surface area contributed by atoms with Gasteiger partial charge in [0.25, 0.3) is 5.91 Å². The molecule has 2 saturated heterocycles. The van der Waals surface area contributed by atoms with Gasteiger partial charge >= 0.3 is 5.97 Å². The van der Waals surface area contributed by atoms with Gasteiger partial charge in [0.15, 0.2) is 11.5 Å². The van der Waals surface area contributed by atoms with Crippen LogP contribution < -0.4 is 9.47 Å². The average molecular weight is 374 g/mol. The van der Waals surface area contributed by atoms with Crippen LogP contribution in [0, 0.1) is 11.8 Å². The Bertz CT molecular complexity index is 794. The number of likely N-dealkylation sites (tertiary alicyclic amines) is 2. The van der Waals surface area contributed by atoms with Crippen LogP contribution in [0.4, 0.5) is 0 Å². The van der Waals surface area contributed by atoms with Gasteiger partial charge in [-0.1, -0.05) is 6.92 Å². The van der Waals surface area contributed by atoms with Gasteiger partial charge in [0.2, 0.25) is 12.7 Å². The number of hydrogen-bond acceptors (Lipinski definition) is 5. The van der Waals surface area contributed by atoms with E-state index in [0.717, 1.165) is 6.42 Å². The highest BCUT2D eigenvalue weighted by Gasteiger charge is 2.42. The Labute approximate surface area is 156 Å². The van der Waals surface area contributed by atoms with E-state index in [1.54, 1.807) is 28.0 Å². The Kier molecular flexibility index (Phi) is 4.41. The van der Waals surface area contributed by atoms with E-state index < -0.39 is 17.9 Å². The monoisotopic (exact) mass is 374 g/mol. The average Bonchev–Trinajstić information content (AvgIpc) is 3.38. The predicted octanol–water partition coefficient (Wildman–Crippen LogP) is 1.20. The molecule has 27 heavy (non-hydrogen) atoms. The van der Waals surface area contributed by atoms with E-state index in [1.165, 1.54) is 0 Å². The van der Waals surface area contributed by atoms with Crippen molar-refractivity contribution in [3.05, 3.63) is 23.8 Å². The Balaban J connectivity index is 1.50. The number of aliphatic carboxylic acids is 1. The number of carbonyl (C=O) groups is 3. The molecule has 2 fully saturated rings. The van der Waals surface area contributed by atoms with Gasteiger partial charge in [-0.3, -0.25) is 14.4 Å². The molecule has 3 aliphatic heterocycles. The molecule has 3 heterocycles. The minimum Gasteiger partial charge on any atom is -0.481 e. The Morgan fingerprint density at radius 3 is 2.67 bits per heavy atom. The molecule has 1 aromatic carbocycles. The van der Waals surface area contributed by atoms with Crippen molar-refractivity contribution in [2.24, 2.45) is 11.8 Å². The van der Waals surface area contributed by atoms with Crippen molar-refractivity contribution >= 4 is 17.8 Å². The maximum Gasteiger partial charge on any atom is 0.308 e. The molecule has 0 bridgehead atoms. The van der Waals surface area contributed by atoms with Gasteiger partial charge < -0.3 is 24.4 Å². The number of benzene rings is 1. The number of rotatable bonds is 3. The standard InChI is InChI=1S/C19H22N2O6/c1-11-8-20(9-13(11)19(24)25)18(23)14-3-2-6-21(14)17(22)12-4-5-15-16(7-12)27-10-26-15/h4-5,7,11,13-14H,2-3,6,8-10H2,1H3,(H,24,25)/t11-,13-,14?/m1/s1. The summed E-state index contributed by atoms with van der Waals surface area (Å²) >= 11 is 0. The minimum atomic E-state index is -0.877. The van der Waals surface area contributed by atoms with Crippen molar-refractivity contribution in [2.75, 3.05) is 26.4 Å². The van der Waals surface area contributed by atoms with Gasteiger partial charge in [-0.25, -0.2) is 0 Å². The summed E-state index contributed by atoms with van der Waals surface area (Å²) in [4.78, 5) is 40.5. The number of nitrogens with zero attached hydrogens (tertiary/aromatic N) is 2. The fraction of sp³-hybridized carbons (Fsp3) is 0.526. The van der Waals surface area contributed by atoms with Crippen LogP contribution in [0.1, 0.15) is 30.1 Å². The van der Waals surface area contributed by atoms with Crippen LogP contribution in [0.3, 0.4) is 0 Å². The van der Waals surface area contributed by atoms with Crippen molar-refractivity contribution < 1.29 is 29.0 Å². The first-order chi connectivity index (χ1) is 13.0. The molecule has 144 valence electrons. The lowest BCUT2D eigenvalue weighted by Gasteiger charge is -2.28. The van der Waals surface area contributed by atoms with E-state index >= 15 is 0 Å². The van der Waals surface area contributed by atoms with Crippen LogP contribution in [0.5, 0.6) is 11.5 Å². The molecule has 0 spiro atoms. The van der Waals surface area contributed by atoms with Gasteiger partial charge in [-0.2, -0.15) is 0 Å². The molecule has 1 aromatic rings. The number of carboxylic acids is 1. The largest absolute Gasteiger partial charge is 0.481 e. The van der Waals surface area contributed by atoms with E-state index in [4.69, 9.17) is 9.47 Å². The van der Waals surface area contributed by atoms with Crippen LogP contribution in [0.25, 0.3) is 0 Å². The highest BCUT2D eigenvalue weighted by Crippen LogP contribution is 2.34. The topological polar surface area (TPSA) is 96.4 Å². The second-order valence-electron chi connectivity index (χ2n) is 7.39. The first-order valence-electron chi connectivity index (χ1n) is 9.18. The molecule has 3 aliphatic rings. The number of fused-ring (bicyclic) bond motifs is 1. The fourth-order valence-corrected chi connectivity index (χ4v) is 4.14. The summed E-state index contributed by atoms with van der Waals surface area (Å²) in [5.74, 6) is -0.757. The van der Waals surface area contributed by atoms with Crippen molar-refractivity contribution in [2.45, 2.75) is 25.8 Å². The molecule has 2 amide bonds. The number of amides is 2. The smallest absolute Gasteiger partial charge is 0.308 e. The van der Waals surface area contributed by atoms with Crippen molar-refractivity contribution in [3.63, 3.8) is 0 Å². The van der Waals surface area contributed by atoms with Crippen LogP contribution in [-0.4, -0.2) is 65.2 Å². The number of ether oxygens (including phenoxy) is 2. The first-order valence-corrected chi connectivity index (χ1v) is 9.18. The zero-order valence-electron chi connectivity index (χ0n) is 15.1. The maximum atomic E-state index is 13.0. The quantitative estimate of drug-likeness (QED) is 0.854. The van der Waals surface area contributed by atoms with E-state index in [-0.39, 0.29) is 31.1 Å². The van der Waals surface area contributed by atoms with E-state index in [1.807, 2.05) is 6.92 Å². The molecule has 8 nitrogen and oxygen atoms in total. The van der Waals surface area contributed by atoms with Gasteiger partial charge in [-0.15, -0.1) is 0 Å². The van der Waals surface area contributed by atoms with E-state index in [2.05, 4.69) is 0 Å². The first kappa shape index (κ1) is 17.6. The van der Waals surface area contributed by atoms with Gasteiger partial charge in [0, 0.05) is 25.2 Å². The molecule has 0 radical (unpaired) electrons. The zero-order valence-corrected chi connectivity index (χ0v) is 15.1. The lowest BCUT2D eigenvalue weighted by molar-refractivity contribution is -0.142. The molecule has 0 saturated carbocycles. The molecule has 1 N–H and O–H groups in total. The Hall–Kier alpha value is -2.77. The van der Waals surface area contributed by atoms with Gasteiger partial charge in [0.1, 0.15) is 6.04 Å². The summed E-state index contributed by atoms with van der Waals surface area (Å²) in [6.07, 6.45) is 1.34. The second-order valence-corrected chi connectivity index (χ2v) is 7.39. The Morgan fingerprint density at radius 1 is 1.15 bits per heavy atom. The summed E-state index contributed by atoms with van der Waals surface area (Å²) < 4.78 is 10.6. The lowest BCUT2D eigenvalue weighted by atomic mass is 9.99. The zero-order chi connectivity index (χ0) is 19.1. The highest BCUT2D eigenvalue weighted by atomic mass is 16.7. The number of carbonyl (C=O) groups excluding carboxylic acids is 2. The van der Waals surface area contributed by atoms with E-state index in [9.17, 15) is 19.5 Å². The van der Waals surface area contributed by atoms with Crippen molar-refractivity contribution in [1.29, 1.82) is 0 Å². The van der Waals surface area contributed by atoms with Gasteiger partial charge in [0.05, 0.1) is 5.92 Å². The Morgan fingerprint density at radius 2 is 1.93 bits per heavy atom. The minimum absolute atomic E-state index is 0.0918. The van der Waals surface area contributed by atoms with Crippen LogP contribution >= 0.6 is 0 Å². The molecular formula is C19H22N2O6. The lowest BCUT2D eigenvalue weighted by Crippen LogP contribution is -2.47. The summed E-state index contributed by atoms with van der Waals surface area (Å²) in [5, 5.41) is 9.29. The summed E-state index contributed by atoms with van der Waals surface area (Å²) in [6, 6.07) is 4.47. The normalized spacial score (nSPS) is 26.5. The SMILES string of the molecule is C[C@@H]1CN(C(=O)C2CCCN2C(=O)c2ccc3c(c2)OCO3)C[C@H]1C(=O)O. The number of carboxylic acid groups (broad SMARTS) is 1. The molecular weight excluding hydrogens is 352 g/mol. The summed E-state index contributed by atoms with van der Waals surface area (Å²) in [5.41, 5.74) is 0.456. The maximum absolute atomic E-state index is 13.0. The third-order valence-corrected chi connectivity index (χ3v) is 5.66. The molecule has 0 aromatic heterocycles. The van der Waals surface area contributed by atoms with Crippen LogP contribution in [0.15, 0.2) is 18.2 Å². The third-order valence-electron chi connectivity index (χ3n) is 5.66. The van der Waals surface area contributed by atoms with Crippen LogP contribution in [0.2, 0.25) is 0 Å². The predicted molar refractivity (Wildman–Crippen MR) is 93.5 cm³/mol. The van der Waals surface area contributed by atoms with Crippen molar-refractivity contribution in [3.8, 4) is 11.5 Å². The van der Waals surface area contributed by atoms with Gasteiger partial charge in [-0.05, 0) is 37.0 Å². The third kappa shape index (κ3) is 3.09. The highest BCUT2D eigenvalue weighted by molar-refractivity contribution is 5.98. The fourth-order valence-electron chi connectivity index (χ4n) is 4.14. The number of hydrogen-bond donors (Lipinski definition) is 1. The molecule has 8 heteroatoms. The molecule has 1 unspecified atom stereocenters. The molecule has 3 atom stereocenters.